The Balaban J connectivity index is 1.45. The second-order valence-corrected chi connectivity index (χ2v) is 10.2. The third kappa shape index (κ3) is 4.12. The number of fused-ring (bicyclic) bond motifs is 2. The number of nitrogens with one attached hydrogen (secondary N) is 2. The maximum absolute atomic E-state index is 13.7. The summed E-state index contributed by atoms with van der Waals surface area (Å²) in [5, 5.41) is 5.60. The van der Waals surface area contributed by atoms with E-state index in [2.05, 4.69) is 21.7 Å². The molecule has 1 fully saturated rings. The number of aryl methyl sites for hydroxylation is 2. The topological polar surface area (TPSA) is 129 Å². The van der Waals surface area contributed by atoms with Crippen molar-refractivity contribution >= 4 is 46.6 Å². The molecule has 0 bridgehead atoms. The van der Waals surface area contributed by atoms with E-state index in [1.165, 1.54) is 0 Å². The highest BCUT2D eigenvalue weighted by molar-refractivity contribution is 6.25. The van der Waals surface area contributed by atoms with Crippen LogP contribution in [0.3, 0.4) is 0 Å². The van der Waals surface area contributed by atoms with Gasteiger partial charge in [0.2, 0.25) is 17.7 Å². The maximum atomic E-state index is 13.7. The van der Waals surface area contributed by atoms with Gasteiger partial charge in [-0.3, -0.25) is 39.2 Å². The maximum Gasteiger partial charge on any atom is 0.264 e. The molecule has 5 amide bonds. The van der Waals surface area contributed by atoms with Crippen LogP contribution in [0.25, 0.3) is 11.1 Å². The lowest BCUT2D eigenvalue weighted by Gasteiger charge is -2.30. The molecule has 0 saturated carbocycles. The molecular formula is C30H27N5O5. The Hall–Kier alpha value is -4.86. The van der Waals surface area contributed by atoms with E-state index in [1.807, 2.05) is 32.0 Å². The Morgan fingerprint density at radius 3 is 2.52 bits per heavy atom. The standard InChI is InChI=1S/C30H27N5O5/c1-3-34-24-15-22(20(14-18(24)7-10-26(34)37)17-11-12-31-16(2)13-17)32-21-6-4-5-19-27(21)30(40)35(29(19)39)23-8-9-25(36)33-28(23)38/h4-6,11-15,23,32H,3,7-10H2,1-2H3,(H,33,36,38)/t23-/m0/s1. The Bertz CT molecular complexity index is 1630. The molecule has 4 heterocycles. The van der Waals surface area contributed by atoms with E-state index in [0.717, 1.165) is 33.0 Å². The summed E-state index contributed by atoms with van der Waals surface area (Å²) in [6.07, 6.45) is 2.91. The van der Waals surface area contributed by atoms with Gasteiger partial charge >= 0.3 is 0 Å². The van der Waals surface area contributed by atoms with Crippen LogP contribution in [0.1, 0.15) is 58.2 Å². The molecule has 0 spiro atoms. The van der Waals surface area contributed by atoms with Gasteiger partial charge in [-0.15, -0.1) is 0 Å². The summed E-state index contributed by atoms with van der Waals surface area (Å²) in [6, 6.07) is 11.7. The lowest BCUT2D eigenvalue weighted by molar-refractivity contribution is -0.136. The summed E-state index contributed by atoms with van der Waals surface area (Å²) in [4.78, 5) is 70.9. The molecule has 3 aromatic rings. The van der Waals surface area contributed by atoms with E-state index in [-0.39, 0.29) is 29.9 Å². The van der Waals surface area contributed by atoms with Crippen LogP contribution in [0.15, 0.2) is 48.7 Å². The number of amides is 5. The van der Waals surface area contributed by atoms with Crippen molar-refractivity contribution in [2.45, 2.75) is 45.6 Å². The van der Waals surface area contributed by atoms with Gasteiger partial charge in [-0.2, -0.15) is 0 Å². The smallest absolute Gasteiger partial charge is 0.264 e. The molecule has 0 aliphatic carbocycles. The van der Waals surface area contributed by atoms with Crippen LogP contribution in [-0.4, -0.2) is 52.0 Å². The molecule has 3 aliphatic heterocycles. The van der Waals surface area contributed by atoms with Crippen molar-refractivity contribution in [3.63, 3.8) is 0 Å². The number of imide groups is 2. The largest absolute Gasteiger partial charge is 0.354 e. The first-order valence-corrected chi connectivity index (χ1v) is 13.3. The molecule has 6 rings (SSSR count). The van der Waals surface area contributed by atoms with Crippen molar-refractivity contribution in [1.29, 1.82) is 0 Å². The first-order valence-electron chi connectivity index (χ1n) is 13.3. The normalized spacial score (nSPS) is 18.6. The minimum Gasteiger partial charge on any atom is -0.354 e. The monoisotopic (exact) mass is 537 g/mol. The van der Waals surface area contributed by atoms with Gasteiger partial charge in [-0.25, -0.2) is 0 Å². The Morgan fingerprint density at radius 2 is 1.77 bits per heavy atom. The summed E-state index contributed by atoms with van der Waals surface area (Å²) >= 11 is 0. The summed E-state index contributed by atoms with van der Waals surface area (Å²) in [5.74, 6) is -2.20. The van der Waals surface area contributed by atoms with Crippen LogP contribution in [0.2, 0.25) is 0 Å². The van der Waals surface area contributed by atoms with Crippen molar-refractivity contribution in [2.75, 3.05) is 16.8 Å². The van der Waals surface area contributed by atoms with E-state index < -0.39 is 29.7 Å². The van der Waals surface area contributed by atoms with Gasteiger partial charge in [0.05, 0.1) is 16.8 Å². The molecule has 2 aromatic carbocycles. The molecule has 0 radical (unpaired) electrons. The fourth-order valence-electron chi connectivity index (χ4n) is 5.76. The minimum absolute atomic E-state index is 0.0470. The highest BCUT2D eigenvalue weighted by Crippen LogP contribution is 2.41. The van der Waals surface area contributed by atoms with Crippen molar-refractivity contribution < 1.29 is 24.0 Å². The molecule has 40 heavy (non-hydrogen) atoms. The van der Waals surface area contributed by atoms with Crippen LogP contribution < -0.4 is 15.5 Å². The Labute approximate surface area is 230 Å². The second kappa shape index (κ2) is 9.71. The fourth-order valence-corrected chi connectivity index (χ4v) is 5.76. The van der Waals surface area contributed by atoms with E-state index >= 15 is 0 Å². The highest BCUT2D eigenvalue weighted by Gasteiger charge is 2.45. The second-order valence-electron chi connectivity index (χ2n) is 10.2. The number of hydrogen-bond acceptors (Lipinski definition) is 7. The Morgan fingerprint density at radius 1 is 0.950 bits per heavy atom. The SMILES string of the molecule is CCN1C(=O)CCc2cc(-c3ccnc(C)c3)c(Nc3cccc4c3C(=O)N([C@H]3CCC(=O)NC3=O)C4=O)cc21. The highest BCUT2D eigenvalue weighted by atomic mass is 16.2. The average molecular weight is 538 g/mol. The van der Waals surface area contributed by atoms with E-state index in [0.29, 0.717) is 30.8 Å². The van der Waals surface area contributed by atoms with Crippen LogP contribution in [0, 0.1) is 6.92 Å². The molecule has 10 nitrogen and oxygen atoms in total. The van der Waals surface area contributed by atoms with Crippen molar-refractivity contribution in [3.8, 4) is 11.1 Å². The van der Waals surface area contributed by atoms with Gasteiger partial charge in [0.25, 0.3) is 11.8 Å². The van der Waals surface area contributed by atoms with Crippen molar-refractivity contribution in [2.24, 2.45) is 0 Å². The van der Waals surface area contributed by atoms with Crippen LogP contribution in [-0.2, 0) is 20.8 Å². The zero-order chi connectivity index (χ0) is 28.1. The molecular weight excluding hydrogens is 510 g/mol. The van der Waals surface area contributed by atoms with Crippen LogP contribution in [0.5, 0.6) is 0 Å². The zero-order valence-corrected chi connectivity index (χ0v) is 22.1. The molecule has 3 aliphatic rings. The third-order valence-electron chi connectivity index (χ3n) is 7.68. The quantitative estimate of drug-likeness (QED) is 0.477. The van der Waals surface area contributed by atoms with E-state index in [1.54, 1.807) is 29.3 Å². The van der Waals surface area contributed by atoms with Crippen LogP contribution >= 0.6 is 0 Å². The summed E-state index contributed by atoms with van der Waals surface area (Å²) in [7, 11) is 0. The molecule has 202 valence electrons. The number of carbonyl (C=O) groups excluding carboxylic acids is 5. The van der Waals surface area contributed by atoms with Gasteiger partial charge in [0.15, 0.2) is 0 Å². The molecule has 0 unspecified atom stereocenters. The van der Waals surface area contributed by atoms with Gasteiger partial charge < -0.3 is 10.2 Å². The molecule has 1 saturated heterocycles. The molecule has 10 heteroatoms. The first-order chi connectivity index (χ1) is 19.3. The van der Waals surface area contributed by atoms with Gasteiger partial charge in [-0.1, -0.05) is 6.07 Å². The average Bonchev–Trinajstić information content (AvgIpc) is 3.18. The molecule has 2 N–H and O–H groups in total. The predicted octanol–water partition coefficient (Wildman–Crippen LogP) is 3.50. The lowest BCUT2D eigenvalue weighted by Crippen LogP contribution is -2.54. The number of aromatic nitrogens is 1. The number of hydrogen-bond donors (Lipinski definition) is 2. The Kier molecular flexibility index (Phi) is 6.17. The van der Waals surface area contributed by atoms with Gasteiger partial charge in [0.1, 0.15) is 6.04 Å². The predicted molar refractivity (Wildman–Crippen MR) is 147 cm³/mol. The number of benzene rings is 2. The van der Waals surface area contributed by atoms with E-state index in [9.17, 15) is 24.0 Å². The van der Waals surface area contributed by atoms with Crippen molar-refractivity contribution in [1.82, 2.24) is 15.2 Å². The number of pyridine rings is 1. The summed E-state index contributed by atoms with van der Waals surface area (Å²) in [5.41, 5.74) is 5.88. The number of carbonyl (C=O) groups is 5. The van der Waals surface area contributed by atoms with E-state index in [4.69, 9.17) is 0 Å². The number of anilines is 3. The van der Waals surface area contributed by atoms with Crippen molar-refractivity contribution in [3.05, 3.63) is 71.0 Å². The number of nitrogens with zero attached hydrogens (tertiary/aromatic N) is 3. The number of rotatable bonds is 5. The van der Waals surface area contributed by atoms with Crippen LogP contribution in [0.4, 0.5) is 17.1 Å². The number of piperidine rings is 1. The van der Waals surface area contributed by atoms with Gasteiger partial charge in [0, 0.05) is 48.2 Å². The van der Waals surface area contributed by atoms with Gasteiger partial charge in [-0.05, 0) is 74.2 Å². The minimum atomic E-state index is -1.05. The first kappa shape index (κ1) is 25.4. The third-order valence-corrected chi connectivity index (χ3v) is 7.68. The fraction of sp³-hybridized carbons (Fsp3) is 0.267. The summed E-state index contributed by atoms with van der Waals surface area (Å²) < 4.78 is 0. The zero-order valence-electron chi connectivity index (χ0n) is 22.1. The summed E-state index contributed by atoms with van der Waals surface area (Å²) in [6.45, 7) is 4.36. The molecule has 1 aromatic heterocycles. The molecule has 1 atom stereocenters. The lowest BCUT2D eigenvalue weighted by atomic mass is 9.94.